The molecule has 0 saturated carbocycles. The average molecular weight is 303 g/mol. The third-order valence-corrected chi connectivity index (χ3v) is 4.21. The number of hydrogen-bond donors (Lipinski definition) is 0. The molecule has 23 heavy (non-hydrogen) atoms. The van der Waals surface area contributed by atoms with Gasteiger partial charge in [0.2, 0.25) is 11.8 Å². The Balaban J connectivity index is 1.82. The highest BCUT2D eigenvalue weighted by atomic mass is 16.2. The summed E-state index contributed by atoms with van der Waals surface area (Å²) in [6.45, 7) is 0. The van der Waals surface area contributed by atoms with Gasteiger partial charge in [0.25, 0.3) is 5.91 Å². The van der Waals surface area contributed by atoms with E-state index in [-0.39, 0.29) is 12.8 Å². The van der Waals surface area contributed by atoms with Crippen molar-refractivity contribution in [2.45, 2.75) is 12.8 Å². The van der Waals surface area contributed by atoms with E-state index in [4.69, 9.17) is 0 Å². The van der Waals surface area contributed by atoms with Crippen LogP contribution in [-0.2, 0) is 9.59 Å². The fourth-order valence-electron chi connectivity index (χ4n) is 3.01. The number of benzene rings is 3. The summed E-state index contributed by atoms with van der Waals surface area (Å²) in [5.41, 5.74) is 0.358. The number of likely N-dealkylation sites (tertiary alicyclic amines) is 1. The number of carbonyl (C=O) groups excluding carboxylic acids is 3. The summed E-state index contributed by atoms with van der Waals surface area (Å²) < 4.78 is 0. The maximum atomic E-state index is 12.5. The Morgan fingerprint density at radius 2 is 1.30 bits per heavy atom. The largest absolute Gasteiger partial charge is 0.274 e. The number of rotatable bonds is 1. The van der Waals surface area contributed by atoms with Crippen molar-refractivity contribution in [2.24, 2.45) is 0 Å². The molecule has 0 spiro atoms. The predicted octanol–water partition coefficient (Wildman–Crippen LogP) is 3.28. The molecule has 4 nitrogen and oxygen atoms in total. The van der Waals surface area contributed by atoms with Gasteiger partial charge in [0.1, 0.15) is 0 Å². The molecule has 0 aromatic heterocycles. The molecular weight excluding hydrogens is 290 g/mol. The van der Waals surface area contributed by atoms with Crippen molar-refractivity contribution in [3.05, 3.63) is 60.2 Å². The van der Waals surface area contributed by atoms with Crippen LogP contribution in [0.5, 0.6) is 0 Å². The van der Waals surface area contributed by atoms with E-state index in [0.29, 0.717) is 5.56 Å². The van der Waals surface area contributed by atoms with Crippen LogP contribution in [0.1, 0.15) is 23.2 Å². The first-order valence-corrected chi connectivity index (χ1v) is 7.46. The highest BCUT2D eigenvalue weighted by Gasteiger charge is 2.34. The first kappa shape index (κ1) is 13.6. The van der Waals surface area contributed by atoms with Gasteiger partial charge in [-0.3, -0.25) is 14.4 Å². The van der Waals surface area contributed by atoms with Gasteiger partial charge in [0.15, 0.2) is 0 Å². The lowest BCUT2D eigenvalue weighted by Gasteiger charge is -2.12. The van der Waals surface area contributed by atoms with Crippen molar-refractivity contribution < 1.29 is 14.4 Å². The lowest BCUT2D eigenvalue weighted by Crippen LogP contribution is -2.35. The minimum atomic E-state index is -0.535. The Kier molecular flexibility index (Phi) is 2.98. The minimum Gasteiger partial charge on any atom is -0.274 e. The van der Waals surface area contributed by atoms with Crippen molar-refractivity contribution in [1.82, 2.24) is 4.90 Å². The summed E-state index contributed by atoms with van der Waals surface area (Å²) in [6, 6.07) is 17.3. The molecule has 0 unspecified atom stereocenters. The first-order valence-electron chi connectivity index (χ1n) is 7.46. The summed E-state index contributed by atoms with van der Waals surface area (Å²) in [7, 11) is 0. The Morgan fingerprint density at radius 3 is 1.96 bits per heavy atom. The van der Waals surface area contributed by atoms with Crippen LogP contribution in [0.25, 0.3) is 21.5 Å². The average Bonchev–Trinajstić information content (AvgIpc) is 2.90. The molecule has 3 aromatic carbocycles. The molecule has 0 bridgehead atoms. The van der Waals surface area contributed by atoms with E-state index in [2.05, 4.69) is 6.07 Å². The van der Waals surface area contributed by atoms with Crippen LogP contribution in [0.15, 0.2) is 54.6 Å². The number of carbonyl (C=O) groups is 3. The maximum absolute atomic E-state index is 12.5. The van der Waals surface area contributed by atoms with Crippen molar-refractivity contribution in [2.75, 3.05) is 0 Å². The zero-order valence-corrected chi connectivity index (χ0v) is 12.3. The standard InChI is InChI=1S/C19H13NO3/c21-17-7-8-18(22)20(17)19(23)15-6-5-14-9-12-3-1-2-4-13(12)10-16(14)11-15/h1-6,9-11H,7-8H2. The molecule has 1 aliphatic rings. The van der Waals surface area contributed by atoms with Crippen molar-refractivity contribution in [1.29, 1.82) is 0 Å². The third kappa shape index (κ3) is 2.19. The third-order valence-electron chi connectivity index (χ3n) is 4.21. The number of hydrogen-bond acceptors (Lipinski definition) is 3. The molecule has 3 amide bonds. The van der Waals surface area contributed by atoms with E-state index >= 15 is 0 Å². The normalized spacial score (nSPS) is 14.9. The van der Waals surface area contributed by atoms with Crippen LogP contribution in [0, 0.1) is 0 Å². The van der Waals surface area contributed by atoms with Gasteiger partial charge < -0.3 is 0 Å². The SMILES string of the molecule is O=C1CCC(=O)N1C(=O)c1ccc2cc3ccccc3cc2c1. The molecule has 0 atom stereocenters. The van der Waals surface area contributed by atoms with Crippen LogP contribution >= 0.6 is 0 Å². The monoisotopic (exact) mass is 303 g/mol. The second-order valence-corrected chi connectivity index (χ2v) is 5.69. The van der Waals surface area contributed by atoms with E-state index in [9.17, 15) is 14.4 Å². The molecule has 112 valence electrons. The molecule has 0 aliphatic carbocycles. The molecule has 0 N–H and O–H groups in total. The second kappa shape index (κ2) is 5.02. The Morgan fingerprint density at radius 1 is 0.739 bits per heavy atom. The lowest BCUT2D eigenvalue weighted by atomic mass is 10.0. The highest BCUT2D eigenvalue weighted by Crippen LogP contribution is 2.25. The molecule has 1 heterocycles. The molecule has 4 heteroatoms. The summed E-state index contributed by atoms with van der Waals surface area (Å²) in [4.78, 5) is 36.7. The fraction of sp³-hybridized carbons (Fsp3) is 0.105. The number of fused-ring (bicyclic) bond motifs is 2. The van der Waals surface area contributed by atoms with Gasteiger partial charge in [-0.15, -0.1) is 0 Å². The molecule has 1 fully saturated rings. The van der Waals surface area contributed by atoms with E-state index in [1.54, 1.807) is 12.1 Å². The zero-order valence-electron chi connectivity index (χ0n) is 12.3. The fourth-order valence-corrected chi connectivity index (χ4v) is 3.01. The quantitative estimate of drug-likeness (QED) is 0.512. The van der Waals surface area contributed by atoms with E-state index in [1.807, 2.05) is 36.4 Å². The Bertz CT molecular complexity index is 974. The van der Waals surface area contributed by atoms with Gasteiger partial charge in [-0.25, -0.2) is 4.90 Å². The molecule has 4 rings (SSSR count). The highest BCUT2D eigenvalue weighted by molar-refractivity contribution is 6.20. The second-order valence-electron chi connectivity index (χ2n) is 5.69. The van der Waals surface area contributed by atoms with Gasteiger partial charge in [0, 0.05) is 18.4 Å². The Labute approximate surface area is 132 Å². The zero-order chi connectivity index (χ0) is 16.0. The molecule has 1 aliphatic heterocycles. The van der Waals surface area contributed by atoms with Gasteiger partial charge in [-0.1, -0.05) is 30.3 Å². The minimum absolute atomic E-state index is 0.114. The van der Waals surface area contributed by atoms with Crippen molar-refractivity contribution in [3.8, 4) is 0 Å². The number of nitrogens with zero attached hydrogens (tertiary/aromatic N) is 1. The predicted molar refractivity (Wildman–Crippen MR) is 86.9 cm³/mol. The van der Waals surface area contributed by atoms with Gasteiger partial charge in [0.05, 0.1) is 0 Å². The molecule has 3 aromatic rings. The first-order chi connectivity index (χ1) is 11.1. The molecular formula is C19H13NO3. The van der Waals surface area contributed by atoms with Crippen LogP contribution < -0.4 is 0 Å². The Hall–Kier alpha value is -3.01. The summed E-state index contributed by atoms with van der Waals surface area (Å²) in [5.74, 6) is -1.37. The summed E-state index contributed by atoms with van der Waals surface area (Å²) in [6.07, 6.45) is 0.228. The van der Waals surface area contributed by atoms with Gasteiger partial charge in [-0.05, 0) is 45.8 Å². The topological polar surface area (TPSA) is 54.5 Å². The number of amides is 3. The van der Waals surface area contributed by atoms with Gasteiger partial charge in [-0.2, -0.15) is 0 Å². The summed E-state index contributed by atoms with van der Waals surface area (Å²) >= 11 is 0. The van der Waals surface area contributed by atoms with Gasteiger partial charge >= 0.3 is 0 Å². The van der Waals surface area contributed by atoms with Crippen molar-refractivity contribution in [3.63, 3.8) is 0 Å². The molecule has 0 radical (unpaired) electrons. The van der Waals surface area contributed by atoms with Crippen LogP contribution in [0.3, 0.4) is 0 Å². The van der Waals surface area contributed by atoms with Crippen LogP contribution in [0.4, 0.5) is 0 Å². The van der Waals surface area contributed by atoms with E-state index in [1.165, 1.54) is 0 Å². The smallest absolute Gasteiger partial charge is 0.267 e. The molecule has 1 saturated heterocycles. The summed E-state index contributed by atoms with van der Waals surface area (Å²) in [5, 5.41) is 4.13. The van der Waals surface area contributed by atoms with E-state index < -0.39 is 17.7 Å². The van der Waals surface area contributed by atoms with E-state index in [0.717, 1.165) is 26.4 Å². The van der Waals surface area contributed by atoms with Crippen LogP contribution in [-0.4, -0.2) is 22.6 Å². The maximum Gasteiger partial charge on any atom is 0.267 e. The number of imide groups is 3. The van der Waals surface area contributed by atoms with Crippen molar-refractivity contribution >= 4 is 39.3 Å². The lowest BCUT2D eigenvalue weighted by molar-refractivity contribution is -0.134. The van der Waals surface area contributed by atoms with Crippen LogP contribution in [0.2, 0.25) is 0 Å².